The number of ether oxygens (including phenoxy) is 1. The maximum absolute atomic E-state index is 5.93. The van der Waals surface area contributed by atoms with E-state index in [0.29, 0.717) is 17.4 Å². The van der Waals surface area contributed by atoms with Gasteiger partial charge < -0.3 is 9.64 Å². The Labute approximate surface area is 137 Å². The average molecular weight is 325 g/mol. The first-order valence-electron chi connectivity index (χ1n) is 8.20. The highest BCUT2D eigenvalue weighted by atomic mass is 35.5. The van der Waals surface area contributed by atoms with Crippen molar-refractivity contribution < 1.29 is 4.74 Å². The van der Waals surface area contributed by atoms with E-state index in [2.05, 4.69) is 33.6 Å². The summed E-state index contributed by atoms with van der Waals surface area (Å²) in [6, 6.07) is 0. The zero-order valence-corrected chi connectivity index (χ0v) is 14.2. The summed E-state index contributed by atoms with van der Waals surface area (Å²) in [5, 5.41) is 0.468. The maximum Gasteiger partial charge on any atom is 0.149 e. The van der Waals surface area contributed by atoms with Crippen LogP contribution in [0.4, 0.5) is 5.82 Å². The van der Waals surface area contributed by atoms with Gasteiger partial charge in [-0.25, -0.2) is 4.98 Å². The third kappa shape index (κ3) is 4.09. The number of hydrogen-bond acceptors (Lipinski definition) is 5. The number of rotatable bonds is 3. The van der Waals surface area contributed by atoms with Crippen molar-refractivity contribution in [1.29, 1.82) is 0 Å². The molecule has 0 aromatic carbocycles. The van der Waals surface area contributed by atoms with E-state index < -0.39 is 0 Å². The van der Waals surface area contributed by atoms with Crippen LogP contribution in [0.2, 0.25) is 5.15 Å². The van der Waals surface area contributed by atoms with Gasteiger partial charge in [-0.15, -0.1) is 0 Å². The Bertz CT molecular complexity index is 483. The quantitative estimate of drug-likeness (QED) is 0.854. The molecular weight excluding hydrogens is 300 g/mol. The van der Waals surface area contributed by atoms with E-state index >= 15 is 0 Å². The van der Waals surface area contributed by atoms with E-state index in [-0.39, 0.29) is 0 Å². The largest absolute Gasteiger partial charge is 0.373 e. The molecule has 2 fully saturated rings. The predicted molar refractivity (Wildman–Crippen MR) is 88.4 cm³/mol. The summed E-state index contributed by atoms with van der Waals surface area (Å²) in [6.45, 7) is 9.72. The summed E-state index contributed by atoms with van der Waals surface area (Å²) < 4.78 is 5.81. The monoisotopic (exact) mass is 324 g/mol. The molecule has 2 atom stereocenters. The Hall–Kier alpha value is -0.910. The molecule has 1 aromatic rings. The van der Waals surface area contributed by atoms with Crippen LogP contribution in [0.3, 0.4) is 0 Å². The standard InChI is InChI=1S/C16H25ClN4O/c1-12-9-20(10-13(2)22-12)11-14-3-5-21(6-4-14)16-8-18-7-15(17)19-16/h7-8,12-14H,3-6,9-11H2,1-2H3. The zero-order chi connectivity index (χ0) is 15.5. The van der Waals surface area contributed by atoms with Crippen molar-refractivity contribution in [1.82, 2.24) is 14.9 Å². The summed E-state index contributed by atoms with van der Waals surface area (Å²) in [6.07, 6.45) is 6.50. The summed E-state index contributed by atoms with van der Waals surface area (Å²) >= 11 is 5.93. The van der Waals surface area contributed by atoms with Crippen LogP contribution in [-0.4, -0.2) is 59.8 Å². The summed E-state index contributed by atoms with van der Waals surface area (Å²) in [7, 11) is 0. The van der Waals surface area contributed by atoms with E-state index in [1.54, 1.807) is 12.4 Å². The lowest BCUT2D eigenvalue weighted by atomic mass is 9.95. The Kier molecular flexibility index (Phi) is 5.16. The lowest BCUT2D eigenvalue weighted by molar-refractivity contribution is -0.0720. The van der Waals surface area contributed by atoms with Crippen LogP contribution < -0.4 is 4.90 Å². The van der Waals surface area contributed by atoms with E-state index in [9.17, 15) is 0 Å². The summed E-state index contributed by atoms with van der Waals surface area (Å²) in [4.78, 5) is 13.3. The van der Waals surface area contributed by atoms with Gasteiger partial charge in [0.15, 0.2) is 0 Å². The average Bonchev–Trinajstić information content (AvgIpc) is 2.47. The van der Waals surface area contributed by atoms with Crippen LogP contribution in [0.5, 0.6) is 0 Å². The molecule has 0 N–H and O–H groups in total. The van der Waals surface area contributed by atoms with Gasteiger partial charge in [0.05, 0.1) is 24.6 Å². The first-order valence-corrected chi connectivity index (χ1v) is 8.58. The SMILES string of the molecule is CC1CN(CC2CCN(c3cncc(Cl)n3)CC2)CC(C)O1. The lowest BCUT2D eigenvalue weighted by Gasteiger charge is -2.39. The molecule has 0 aliphatic carbocycles. The molecule has 2 unspecified atom stereocenters. The molecule has 2 aliphatic heterocycles. The lowest BCUT2D eigenvalue weighted by Crippen LogP contribution is -2.48. The Morgan fingerprint density at radius 3 is 2.50 bits per heavy atom. The van der Waals surface area contributed by atoms with Crippen molar-refractivity contribution in [2.75, 3.05) is 37.6 Å². The van der Waals surface area contributed by atoms with Gasteiger partial charge in [0.25, 0.3) is 0 Å². The maximum atomic E-state index is 5.93. The first kappa shape index (κ1) is 16.0. The topological polar surface area (TPSA) is 41.5 Å². The van der Waals surface area contributed by atoms with Gasteiger partial charge >= 0.3 is 0 Å². The number of piperidine rings is 1. The second-order valence-electron chi connectivity index (χ2n) is 6.61. The third-order valence-electron chi connectivity index (χ3n) is 4.54. The van der Waals surface area contributed by atoms with Crippen LogP contribution in [0.25, 0.3) is 0 Å². The molecule has 0 amide bonds. The second kappa shape index (κ2) is 7.11. The van der Waals surface area contributed by atoms with E-state index in [4.69, 9.17) is 16.3 Å². The first-order chi connectivity index (χ1) is 10.6. The number of nitrogens with zero attached hydrogens (tertiary/aromatic N) is 4. The zero-order valence-electron chi connectivity index (χ0n) is 13.4. The van der Waals surface area contributed by atoms with Crippen LogP contribution in [0.1, 0.15) is 26.7 Å². The molecule has 0 bridgehead atoms. The van der Waals surface area contributed by atoms with Crippen LogP contribution in [0.15, 0.2) is 12.4 Å². The Balaban J connectivity index is 1.49. The molecule has 1 aromatic heterocycles. The molecule has 0 radical (unpaired) electrons. The molecule has 5 nitrogen and oxygen atoms in total. The van der Waals surface area contributed by atoms with Gasteiger partial charge in [-0.1, -0.05) is 11.6 Å². The highest BCUT2D eigenvalue weighted by molar-refractivity contribution is 6.29. The minimum Gasteiger partial charge on any atom is -0.373 e. The fourth-order valence-electron chi connectivity index (χ4n) is 3.63. The normalized spacial score (nSPS) is 28.0. The Morgan fingerprint density at radius 1 is 1.18 bits per heavy atom. The number of morpholine rings is 1. The highest BCUT2D eigenvalue weighted by Crippen LogP contribution is 2.24. The second-order valence-corrected chi connectivity index (χ2v) is 6.99. The summed E-state index contributed by atoms with van der Waals surface area (Å²) in [5.74, 6) is 1.67. The third-order valence-corrected chi connectivity index (χ3v) is 4.72. The van der Waals surface area contributed by atoms with Crippen LogP contribution in [0, 0.1) is 5.92 Å². The van der Waals surface area contributed by atoms with Crippen LogP contribution in [-0.2, 0) is 4.74 Å². The highest BCUT2D eigenvalue weighted by Gasteiger charge is 2.27. The van der Waals surface area contributed by atoms with Crippen molar-refractivity contribution in [3.8, 4) is 0 Å². The molecule has 122 valence electrons. The van der Waals surface area contributed by atoms with Crippen molar-refractivity contribution in [2.45, 2.75) is 38.9 Å². The minimum absolute atomic E-state index is 0.352. The van der Waals surface area contributed by atoms with Crippen molar-refractivity contribution >= 4 is 17.4 Å². The predicted octanol–water partition coefficient (Wildman–Crippen LogP) is 2.46. The molecule has 3 rings (SSSR count). The molecule has 2 aliphatic rings. The van der Waals surface area contributed by atoms with Gasteiger partial charge in [-0.05, 0) is 32.6 Å². The summed E-state index contributed by atoms with van der Waals surface area (Å²) in [5.41, 5.74) is 0. The molecule has 6 heteroatoms. The molecule has 22 heavy (non-hydrogen) atoms. The number of halogens is 1. The molecule has 2 saturated heterocycles. The van der Waals surface area contributed by atoms with E-state index in [1.807, 2.05) is 0 Å². The van der Waals surface area contributed by atoms with Crippen molar-refractivity contribution in [2.24, 2.45) is 5.92 Å². The fraction of sp³-hybridized carbons (Fsp3) is 0.750. The number of anilines is 1. The number of hydrogen-bond donors (Lipinski definition) is 0. The van der Waals surface area contributed by atoms with E-state index in [0.717, 1.165) is 37.9 Å². The van der Waals surface area contributed by atoms with Crippen molar-refractivity contribution in [3.63, 3.8) is 0 Å². The minimum atomic E-state index is 0.352. The molecule has 3 heterocycles. The number of aromatic nitrogens is 2. The van der Waals surface area contributed by atoms with Gasteiger partial charge in [0, 0.05) is 32.7 Å². The van der Waals surface area contributed by atoms with E-state index in [1.165, 1.54) is 19.4 Å². The molecular formula is C16H25ClN4O. The van der Waals surface area contributed by atoms with Gasteiger partial charge in [-0.2, -0.15) is 0 Å². The van der Waals surface area contributed by atoms with Crippen molar-refractivity contribution in [3.05, 3.63) is 17.5 Å². The van der Waals surface area contributed by atoms with Gasteiger partial charge in [0.2, 0.25) is 0 Å². The van der Waals surface area contributed by atoms with Crippen LogP contribution >= 0.6 is 11.6 Å². The Morgan fingerprint density at radius 2 is 1.86 bits per heavy atom. The van der Waals surface area contributed by atoms with Gasteiger partial charge in [0.1, 0.15) is 11.0 Å². The smallest absolute Gasteiger partial charge is 0.149 e. The van der Waals surface area contributed by atoms with Gasteiger partial charge in [-0.3, -0.25) is 9.88 Å². The fourth-order valence-corrected chi connectivity index (χ4v) is 3.77. The molecule has 0 saturated carbocycles. The molecule has 0 spiro atoms.